The molecule has 0 saturated carbocycles. The molecule has 0 heterocycles. The molecule has 0 aliphatic heterocycles. The van der Waals surface area contributed by atoms with Crippen LogP contribution >= 0.6 is 11.6 Å². The molecule has 0 aliphatic rings. The number of halogens is 1. The Labute approximate surface area is 122 Å². The van der Waals surface area contributed by atoms with Gasteiger partial charge < -0.3 is 4.74 Å². The molecule has 1 rings (SSSR count). The van der Waals surface area contributed by atoms with E-state index in [1.807, 2.05) is 0 Å². The number of ether oxygens (including phenoxy) is 1. The number of nitriles is 1. The summed E-state index contributed by atoms with van der Waals surface area (Å²) in [5, 5.41) is 8.93. The molecule has 0 unspecified atom stereocenters. The zero-order valence-electron chi connectivity index (χ0n) is 10.8. The number of hydrogen-bond acceptors (Lipinski definition) is 5. The summed E-state index contributed by atoms with van der Waals surface area (Å²) >= 11 is 5.67. The second-order valence-corrected chi connectivity index (χ2v) is 6.16. The highest BCUT2D eigenvalue weighted by molar-refractivity contribution is 7.89. The van der Waals surface area contributed by atoms with Gasteiger partial charge in [-0.2, -0.15) is 9.98 Å². The van der Waals surface area contributed by atoms with Crippen molar-refractivity contribution in [2.75, 3.05) is 0 Å². The number of rotatable bonds is 5. The molecule has 0 fully saturated rings. The summed E-state index contributed by atoms with van der Waals surface area (Å²) in [6.45, 7) is 2.72. The van der Waals surface area contributed by atoms with E-state index >= 15 is 0 Å². The van der Waals surface area contributed by atoms with Crippen molar-refractivity contribution in [1.82, 2.24) is 4.72 Å². The molecule has 0 radical (unpaired) electrons. The Balaban J connectivity index is 2.79. The number of sulfonamides is 1. The highest BCUT2D eigenvalue weighted by Gasteiger charge is 2.24. The lowest BCUT2D eigenvalue weighted by atomic mass is 10.3. The van der Waals surface area contributed by atoms with Crippen molar-refractivity contribution >= 4 is 27.6 Å². The number of nitrogens with one attached hydrogen (secondary N) is 1. The molecule has 20 heavy (non-hydrogen) atoms. The Morgan fingerprint density at radius 1 is 1.35 bits per heavy atom. The monoisotopic (exact) mass is 316 g/mol. The van der Waals surface area contributed by atoms with E-state index in [9.17, 15) is 13.2 Å². The third-order valence-electron chi connectivity index (χ3n) is 2.28. The molecule has 1 N–H and O–H groups in total. The molecule has 2 atom stereocenters. The SMILES string of the molecule is C[C@H](C#N)OC(=O)[C@H](C)NS(=O)(=O)c1ccc(Cl)cc1. The molecule has 0 amide bonds. The summed E-state index contributed by atoms with van der Waals surface area (Å²) in [6, 6.07) is 6.11. The highest BCUT2D eigenvalue weighted by Crippen LogP contribution is 2.14. The summed E-state index contributed by atoms with van der Waals surface area (Å²) in [5.74, 6) is -0.823. The van der Waals surface area contributed by atoms with Gasteiger partial charge in [0.1, 0.15) is 12.1 Å². The molecule has 0 bridgehead atoms. The molecule has 8 heteroatoms. The molecule has 0 aliphatic carbocycles. The summed E-state index contributed by atoms with van der Waals surface area (Å²) in [4.78, 5) is 11.5. The van der Waals surface area contributed by atoms with Gasteiger partial charge in [-0.1, -0.05) is 11.6 Å². The summed E-state index contributed by atoms with van der Waals surface area (Å²) in [6.07, 6.45) is -0.940. The van der Waals surface area contributed by atoms with Crippen LogP contribution in [0.1, 0.15) is 13.8 Å². The van der Waals surface area contributed by atoms with Crippen LogP contribution in [-0.4, -0.2) is 26.5 Å². The van der Waals surface area contributed by atoms with E-state index in [1.165, 1.54) is 38.1 Å². The zero-order valence-corrected chi connectivity index (χ0v) is 12.4. The third-order valence-corrected chi connectivity index (χ3v) is 4.09. The van der Waals surface area contributed by atoms with Crippen LogP contribution in [0, 0.1) is 11.3 Å². The first-order valence-electron chi connectivity index (χ1n) is 5.64. The molecule has 0 aromatic heterocycles. The normalized spacial score (nSPS) is 14.1. The van der Waals surface area contributed by atoms with Crippen LogP contribution in [0.15, 0.2) is 29.2 Å². The van der Waals surface area contributed by atoms with Crippen LogP contribution in [0.5, 0.6) is 0 Å². The van der Waals surface area contributed by atoms with Gasteiger partial charge >= 0.3 is 5.97 Å². The first-order valence-corrected chi connectivity index (χ1v) is 7.50. The smallest absolute Gasteiger partial charge is 0.325 e. The number of carbonyl (C=O) groups is 1. The van der Waals surface area contributed by atoms with E-state index in [-0.39, 0.29) is 4.90 Å². The minimum Gasteiger partial charge on any atom is -0.446 e. The summed E-state index contributed by atoms with van der Waals surface area (Å²) in [5.41, 5.74) is 0. The number of nitrogens with zero attached hydrogens (tertiary/aromatic N) is 1. The number of esters is 1. The second kappa shape index (κ2) is 6.70. The van der Waals surface area contributed by atoms with Crippen molar-refractivity contribution in [3.63, 3.8) is 0 Å². The van der Waals surface area contributed by atoms with Gasteiger partial charge in [0, 0.05) is 5.02 Å². The van der Waals surface area contributed by atoms with Crippen molar-refractivity contribution in [1.29, 1.82) is 5.26 Å². The van der Waals surface area contributed by atoms with Crippen molar-refractivity contribution in [3.8, 4) is 6.07 Å². The van der Waals surface area contributed by atoms with Crippen molar-refractivity contribution in [2.24, 2.45) is 0 Å². The maximum absolute atomic E-state index is 12.0. The van der Waals surface area contributed by atoms with E-state index in [2.05, 4.69) is 4.72 Å². The number of hydrogen-bond donors (Lipinski definition) is 1. The second-order valence-electron chi connectivity index (χ2n) is 4.01. The van der Waals surface area contributed by atoms with Gasteiger partial charge in [-0.05, 0) is 38.1 Å². The minimum atomic E-state index is -3.86. The van der Waals surface area contributed by atoms with Gasteiger partial charge in [0.25, 0.3) is 0 Å². The lowest BCUT2D eigenvalue weighted by molar-refractivity contribution is -0.147. The van der Waals surface area contributed by atoms with Crippen molar-refractivity contribution in [3.05, 3.63) is 29.3 Å². The maximum atomic E-state index is 12.0. The average molecular weight is 317 g/mol. The Morgan fingerprint density at radius 2 is 1.90 bits per heavy atom. The molecular weight excluding hydrogens is 304 g/mol. The fourth-order valence-corrected chi connectivity index (χ4v) is 2.58. The Hall–Kier alpha value is -1.62. The molecular formula is C12H13ClN2O4S. The third kappa shape index (κ3) is 4.49. The largest absolute Gasteiger partial charge is 0.446 e. The van der Waals surface area contributed by atoms with Gasteiger partial charge in [0.05, 0.1) is 4.90 Å². The lowest BCUT2D eigenvalue weighted by Gasteiger charge is -2.14. The molecule has 108 valence electrons. The highest BCUT2D eigenvalue weighted by atomic mass is 35.5. The van der Waals surface area contributed by atoms with E-state index in [0.717, 1.165) is 0 Å². The van der Waals surface area contributed by atoms with Gasteiger partial charge in [-0.3, -0.25) is 4.79 Å². The van der Waals surface area contributed by atoms with Gasteiger partial charge in [-0.25, -0.2) is 8.42 Å². The van der Waals surface area contributed by atoms with E-state index < -0.39 is 28.1 Å². The fourth-order valence-electron chi connectivity index (χ4n) is 1.27. The maximum Gasteiger partial charge on any atom is 0.325 e. The first kappa shape index (κ1) is 16.4. The Kier molecular flexibility index (Phi) is 5.51. The predicted molar refractivity (Wildman–Crippen MR) is 72.4 cm³/mol. The van der Waals surface area contributed by atoms with Crippen LogP contribution in [-0.2, 0) is 19.6 Å². The van der Waals surface area contributed by atoms with Crippen LogP contribution in [0.2, 0.25) is 5.02 Å². The lowest BCUT2D eigenvalue weighted by Crippen LogP contribution is -2.40. The van der Waals surface area contributed by atoms with Gasteiger partial charge in [0.15, 0.2) is 6.10 Å². The van der Waals surface area contributed by atoms with E-state index in [1.54, 1.807) is 6.07 Å². The van der Waals surface area contributed by atoms with Crippen LogP contribution in [0.3, 0.4) is 0 Å². The fraction of sp³-hybridized carbons (Fsp3) is 0.333. The van der Waals surface area contributed by atoms with Gasteiger partial charge in [0.2, 0.25) is 10.0 Å². The Morgan fingerprint density at radius 3 is 2.40 bits per heavy atom. The molecule has 0 saturated heterocycles. The predicted octanol–water partition coefficient (Wildman–Crippen LogP) is 1.46. The topological polar surface area (TPSA) is 96.3 Å². The van der Waals surface area contributed by atoms with Gasteiger partial charge in [-0.15, -0.1) is 0 Å². The average Bonchev–Trinajstić information content (AvgIpc) is 2.38. The van der Waals surface area contributed by atoms with Crippen LogP contribution in [0.4, 0.5) is 0 Å². The standard InChI is InChI=1S/C12H13ClN2O4S/c1-8(7-14)19-12(16)9(2)15-20(17,18)11-5-3-10(13)4-6-11/h3-6,8-9,15H,1-2H3/t8-,9+/m1/s1. The quantitative estimate of drug-likeness (QED) is 0.830. The molecule has 6 nitrogen and oxygen atoms in total. The zero-order chi connectivity index (χ0) is 15.3. The van der Waals surface area contributed by atoms with E-state index in [4.69, 9.17) is 21.6 Å². The van der Waals surface area contributed by atoms with Crippen molar-refractivity contribution in [2.45, 2.75) is 30.9 Å². The Bertz CT molecular complexity index is 622. The van der Waals surface area contributed by atoms with Crippen molar-refractivity contribution < 1.29 is 17.9 Å². The minimum absolute atomic E-state index is 0.0186. The first-order chi connectivity index (χ1) is 9.26. The van der Waals surface area contributed by atoms with E-state index in [0.29, 0.717) is 5.02 Å². The molecule has 1 aromatic carbocycles. The number of benzene rings is 1. The molecule has 0 spiro atoms. The van der Waals surface area contributed by atoms with Crippen LogP contribution in [0.25, 0.3) is 0 Å². The summed E-state index contributed by atoms with van der Waals surface area (Å²) in [7, 11) is -3.86. The summed E-state index contributed by atoms with van der Waals surface area (Å²) < 4.78 is 30.9. The van der Waals surface area contributed by atoms with Crippen LogP contribution < -0.4 is 4.72 Å². The number of carbonyl (C=O) groups excluding carboxylic acids is 1. The molecule has 1 aromatic rings.